The van der Waals surface area contributed by atoms with Gasteiger partial charge in [-0.05, 0) is 12.5 Å². The van der Waals surface area contributed by atoms with Crippen molar-refractivity contribution in [2.24, 2.45) is 0 Å². The van der Waals surface area contributed by atoms with Crippen molar-refractivity contribution in [3.05, 3.63) is 47.5 Å². The van der Waals surface area contributed by atoms with Crippen LogP contribution in [-0.2, 0) is 11.3 Å². The molecule has 0 aliphatic rings. The lowest BCUT2D eigenvalue weighted by molar-refractivity contribution is 0.147. The van der Waals surface area contributed by atoms with Crippen LogP contribution in [0, 0.1) is 0 Å². The van der Waals surface area contributed by atoms with Gasteiger partial charge in [0.05, 0.1) is 0 Å². The Bertz CT molecular complexity index is 485. The highest BCUT2D eigenvalue weighted by atomic mass is 32.1. The number of amides is 1. The fourth-order valence-corrected chi connectivity index (χ4v) is 2.18. The normalized spacial score (nSPS) is 10.1. The lowest BCUT2D eigenvalue weighted by Crippen LogP contribution is -2.31. The van der Waals surface area contributed by atoms with Crippen molar-refractivity contribution in [3.8, 4) is 0 Å². The minimum atomic E-state index is -0.365. The van der Waals surface area contributed by atoms with Gasteiger partial charge in [-0.3, -0.25) is 4.90 Å². The second-order valence-corrected chi connectivity index (χ2v) is 4.47. The van der Waals surface area contributed by atoms with Crippen LogP contribution in [0.4, 0.5) is 9.93 Å². The monoisotopic (exact) mass is 262 g/mol. The average Bonchev–Trinajstić information content (AvgIpc) is 2.92. The molecule has 0 fully saturated rings. The maximum Gasteiger partial charge on any atom is 0.416 e. The zero-order valence-electron chi connectivity index (χ0n) is 10.1. The summed E-state index contributed by atoms with van der Waals surface area (Å²) in [6, 6.07) is 9.61. The van der Waals surface area contributed by atoms with Crippen LogP contribution in [0.25, 0.3) is 0 Å². The molecule has 0 unspecified atom stereocenters. The van der Waals surface area contributed by atoms with E-state index in [1.807, 2.05) is 42.6 Å². The Morgan fingerprint density at radius 1 is 1.39 bits per heavy atom. The summed E-state index contributed by atoms with van der Waals surface area (Å²) in [6.07, 6.45) is 1.31. The Balaban J connectivity index is 1.95. The van der Waals surface area contributed by atoms with Gasteiger partial charge in [-0.15, -0.1) is 11.3 Å². The number of hydrogen-bond donors (Lipinski definition) is 0. The third kappa shape index (κ3) is 3.07. The molecule has 1 amide bonds. The zero-order valence-corrected chi connectivity index (χ0v) is 10.9. The predicted molar refractivity (Wildman–Crippen MR) is 71.8 cm³/mol. The molecule has 5 heteroatoms. The maximum atomic E-state index is 11.9. The Hall–Kier alpha value is -1.88. The minimum absolute atomic E-state index is 0.279. The van der Waals surface area contributed by atoms with E-state index in [2.05, 4.69) is 4.98 Å². The molecule has 0 N–H and O–H groups in total. The van der Waals surface area contributed by atoms with Crippen molar-refractivity contribution in [2.75, 3.05) is 11.4 Å². The summed E-state index contributed by atoms with van der Waals surface area (Å²) >= 11 is 1.42. The molecule has 2 rings (SSSR count). The molecular formula is C13H14N2O2S. The third-order valence-corrected chi connectivity index (χ3v) is 3.19. The number of thiazole rings is 1. The van der Waals surface area contributed by atoms with E-state index in [1.165, 1.54) is 16.2 Å². The number of hydrogen-bond acceptors (Lipinski definition) is 4. The van der Waals surface area contributed by atoms with E-state index in [4.69, 9.17) is 4.74 Å². The van der Waals surface area contributed by atoms with Gasteiger partial charge in [-0.1, -0.05) is 30.3 Å². The van der Waals surface area contributed by atoms with Crippen molar-refractivity contribution in [1.82, 2.24) is 4.98 Å². The van der Waals surface area contributed by atoms with E-state index < -0.39 is 0 Å². The van der Waals surface area contributed by atoms with Gasteiger partial charge in [0.1, 0.15) is 6.61 Å². The first-order valence-corrected chi connectivity index (χ1v) is 6.57. The Morgan fingerprint density at radius 3 is 2.78 bits per heavy atom. The number of nitrogens with zero attached hydrogens (tertiary/aromatic N) is 2. The van der Waals surface area contributed by atoms with E-state index in [0.29, 0.717) is 11.7 Å². The predicted octanol–water partition coefficient (Wildman–Crippen LogP) is 3.31. The molecule has 0 spiro atoms. The van der Waals surface area contributed by atoms with Crippen LogP contribution in [0.5, 0.6) is 0 Å². The van der Waals surface area contributed by atoms with Gasteiger partial charge in [0, 0.05) is 18.1 Å². The summed E-state index contributed by atoms with van der Waals surface area (Å²) in [5.74, 6) is 0. The number of carbonyl (C=O) groups is 1. The molecule has 1 heterocycles. The molecule has 1 aromatic carbocycles. The minimum Gasteiger partial charge on any atom is -0.444 e. The van der Waals surface area contributed by atoms with Crippen LogP contribution in [0.1, 0.15) is 12.5 Å². The number of rotatable bonds is 4. The summed E-state index contributed by atoms with van der Waals surface area (Å²) in [6.45, 7) is 2.72. The van der Waals surface area contributed by atoms with Crippen molar-refractivity contribution in [1.29, 1.82) is 0 Å². The summed E-state index contributed by atoms with van der Waals surface area (Å²) in [5, 5.41) is 2.50. The highest BCUT2D eigenvalue weighted by Crippen LogP contribution is 2.18. The summed E-state index contributed by atoms with van der Waals surface area (Å²) in [4.78, 5) is 17.5. The van der Waals surface area contributed by atoms with E-state index in [0.717, 1.165) is 5.56 Å². The van der Waals surface area contributed by atoms with Crippen LogP contribution in [-0.4, -0.2) is 17.6 Å². The number of anilines is 1. The quantitative estimate of drug-likeness (QED) is 0.849. The Labute approximate surface area is 110 Å². The summed E-state index contributed by atoms with van der Waals surface area (Å²) < 4.78 is 5.26. The lowest BCUT2D eigenvalue weighted by Gasteiger charge is -2.17. The molecular weight excluding hydrogens is 248 g/mol. The van der Waals surface area contributed by atoms with Crippen molar-refractivity contribution >= 4 is 22.6 Å². The van der Waals surface area contributed by atoms with E-state index in [1.54, 1.807) is 6.20 Å². The molecule has 2 aromatic rings. The topological polar surface area (TPSA) is 42.4 Å². The number of ether oxygens (including phenoxy) is 1. The molecule has 0 saturated heterocycles. The van der Waals surface area contributed by atoms with Gasteiger partial charge in [-0.25, -0.2) is 9.78 Å². The van der Waals surface area contributed by atoms with Gasteiger partial charge < -0.3 is 4.74 Å². The Kier molecular flexibility index (Phi) is 4.30. The number of benzene rings is 1. The van der Waals surface area contributed by atoms with Crippen LogP contribution in [0.2, 0.25) is 0 Å². The van der Waals surface area contributed by atoms with Gasteiger partial charge in [0.2, 0.25) is 0 Å². The second-order valence-electron chi connectivity index (χ2n) is 3.60. The standard InChI is InChI=1S/C13H14N2O2S/c1-2-15(12-14-8-9-18-12)13(16)17-10-11-6-4-3-5-7-11/h3-9H,2,10H2,1H3. The Morgan fingerprint density at radius 2 is 2.17 bits per heavy atom. The largest absolute Gasteiger partial charge is 0.444 e. The fraction of sp³-hybridized carbons (Fsp3) is 0.231. The molecule has 1 aromatic heterocycles. The molecule has 4 nitrogen and oxygen atoms in total. The molecule has 18 heavy (non-hydrogen) atoms. The van der Waals surface area contributed by atoms with Crippen LogP contribution in [0.3, 0.4) is 0 Å². The lowest BCUT2D eigenvalue weighted by atomic mass is 10.2. The van der Waals surface area contributed by atoms with Crippen LogP contribution < -0.4 is 4.90 Å². The highest BCUT2D eigenvalue weighted by Gasteiger charge is 2.17. The van der Waals surface area contributed by atoms with Crippen molar-refractivity contribution < 1.29 is 9.53 Å². The fourth-order valence-electron chi connectivity index (χ4n) is 1.49. The summed E-state index contributed by atoms with van der Waals surface area (Å²) in [7, 11) is 0. The maximum absolute atomic E-state index is 11.9. The van der Waals surface area contributed by atoms with Crippen LogP contribution in [0.15, 0.2) is 41.9 Å². The van der Waals surface area contributed by atoms with E-state index in [9.17, 15) is 4.79 Å². The third-order valence-electron chi connectivity index (χ3n) is 2.39. The zero-order chi connectivity index (χ0) is 12.8. The molecule has 0 saturated carbocycles. The van der Waals surface area contributed by atoms with Gasteiger partial charge in [0.25, 0.3) is 0 Å². The smallest absolute Gasteiger partial charge is 0.416 e. The van der Waals surface area contributed by atoms with Crippen molar-refractivity contribution in [3.63, 3.8) is 0 Å². The molecule has 94 valence electrons. The summed E-state index contributed by atoms with van der Waals surface area (Å²) in [5.41, 5.74) is 0.973. The van der Waals surface area contributed by atoms with E-state index in [-0.39, 0.29) is 12.7 Å². The first-order valence-electron chi connectivity index (χ1n) is 5.69. The van der Waals surface area contributed by atoms with Gasteiger partial charge >= 0.3 is 6.09 Å². The van der Waals surface area contributed by atoms with Crippen molar-refractivity contribution in [2.45, 2.75) is 13.5 Å². The number of carbonyl (C=O) groups excluding carboxylic acids is 1. The van der Waals surface area contributed by atoms with E-state index >= 15 is 0 Å². The highest BCUT2D eigenvalue weighted by molar-refractivity contribution is 7.13. The molecule has 0 atom stereocenters. The molecule has 0 aliphatic heterocycles. The average molecular weight is 262 g/mol. The van der Waals surface area contributed by atoms with Gasteiger partial charge in [0.15, 0.2) is 5.13 Å². The molecule has 0 aliphatic carbocycles. The second kappa shape index (κ2) is 6.16. The van der Waals surface area contributed by atoms with Crippen LogP contribution >= 0.6 is 11.3 Å². The molecule has 0 bridgehead atoms. The first kappa shape index (κ1) is 12.6. The molecule has 0 radical (unpaired) electrons. The van der Waals surface area contributed by atoms with Gasteiger partial charge in [-0.2, -0.15) is 0 Å². The first-order chi connectivity index (χ1) is 8.81. The SMILES string of the molecule is CCN(C(=O)OCc1ccccc1)c1nccs1. The number of aromatic nitrogens is 1.